The molecule has 1 aromatic carbocycles. The normalized spacial score (nSPS) is 11.5. The van der Waals surface area contributed by atoms with Crippen LogP contribution in [0.2, 0.25) is 0 Å². The highest BCUT2D eigenvalue weighted by molar-refractivity contribution is 7.94. The first-order chi connectivity index (χ1) is 10.5. The van der Waals surface area contributed by atoms with Crippen molar-refractivity contribution in [3.63, 3.8) is 0 Å². The lowest BCUT2D eigenvalue weighted by atomic mass is 10.1. The first kappa shape index (κ1) is 14.8. The monoisotopic (exact) mass is 334 g/mol. The lowest BCUT2D eigenvalue weighted by Crippen LogP contribution is -2.11. The summed E-state index contributed by atoms with van der Waals surface area (Å²) in [4.78, 5) is 0. The number of benzene rings is 1. The van der Waals surface area contributed by atoms with Crippen LogP contribution in [0.25, 0.3) is 11.3 Å². The number of nitrogens with zero attached hydrogens (tertiary/aromatic N) is 1. The number of sulfonamides is 1. The van der Waals surface area contributed by atoms with Crippen molar-refractivity contribution >= 4 is 27.0 Å². The molecule has 114 valence electrons. The summed E-state index contributed by atoms with van der Waals surface area (Å²) < 4.78 is 32.8. The molecular formula is C15H14N2O3S2. The van der Waals surface area contributed by atoms with Crippen molar-refractivity contribution in [3.8, 4) is 11.3 Å². The fraction of sp³-hybridized carbons (Fsp3) is 0.133. The molecule has 0 unspecified atom stereocenters. The van der Waals surface area contributed by atoms with Gasteiger partial charge >= 0.3 is 0 Å². The number of hydrogen-bond donors (Lipinski definition) is 1. The van der Waals surface area contributed by atoms with Gasteiger partial charge in [-0.3, -0.25) is 4.72 Å². The smallest absolute Gasteiger partial charge is 0.271 e. The topological polar surface area (TPSA) is 72.2 Å². The van der Waals surface area contributed by atoms with E-state index in [1.807, 2.05) is 19.9 Å². The van der Waals surface area contributed by atoms with Gasteiger partial charge in [-0.1, -0.05) is 23.4 Å². The number of aromatic nitrogens is 1. The second kappa shape index (κ2) is 5.58. The fourth-order valence-electron chi connectivity index (χ4n) is 1.97. The standard InChI is InChI=1S/C15H14N2O3S2/c1-10-11(2)16-20-15(10)12-8-14(21-9-12)22(18,19)17-13-6-4-3-5-7-13/h3-9,17H,1-2H3. The summed E-state index contributed by atoms with van der Waals surface area (Å²) in [5, 5.41) is 5.65. The van der Waals surface area contributed by atoms with Crippen molar-refractivity contribution in [1.29, 1.82) is 0 Å². The van der Waals surface area contributed by atoms with E-state index in [9.17, 15) is 8.42 Å². The van der Waals surface area contributed by atoms with Crippen molar-refractivity contribution in [3.05, 3.63) is 53.0 Å². The maximum absolute atomic E-state index is 12.4. The zero-order chi connectivity index (χ0) is 15.7. The van der Waals surface area contributed by atoms with E-state index in [-0.39, 0.29) is 4.21 Å². The summed E-state index contributed by atoms with van der Waals surface area (Å²) in [5.74, 6) is 0.606. The lowest BCUT2D eigenvalue weighted by molar-refractivity contribution is 0.427. The maximum Gasteiger partial charge on any atom is 0.271 e. The van der Waals surface area contributed by atoms with Gasteiger partial charge in [-0.15, -0.1) is 11.3 Å². The fourth-order valence-corrected chi connectivity index (χ4v) is 4.19. The Labute approximate surface area is 132 Å². The molecule has 2 aromatic heterocycles. The minimum Gasteiger partial charge on any atom is -0.356 e. The first-order valence-electron chi connectivity index (χ1n) is 6.57. The van der Waals surface area contributed by atoms with Crippen molar-refractivity contribution in [2.75, 3.05) is 4.72 Å². The van der Waals surface area contributed by atoms with Crippen LogP contribution in [0.5, 0.6) is 0 Å². The van der Waals surface area contributed by atoms with E-state index in [0.717, 1.165) is 28.2 Å². The van der Waals surface area contributed by atoms with Gasteiger partial charge in [0.25, 0.3) is 10.0 Å². The van der Waals surface area contributed by atoms with Crippen LogP contribution in [-0.4, -0.2) is 13.6 Å². The molecule has 0 amide bonds. The summed E-state index contributed by atoms with van der Waals surface area (Å²) in [7, 11) is -3.60. The quantitative estimate of drug-likeness (QED) is 0.787. The molecule has 0 spiro atoms. The SMILES string of the molecule is Cc1noc(-c2csc(S(=O)(=O)Nc3ccccc3)c2)c1C. The minimum atomic E-state index is -3.60. The van der Waals surface area contributed by atoms with Gasteiger partial charge in [0.05, 0.1) is 5.69 Å². The molecule has 0 radical (unpaired) electrons. The molecule has 0 saturated carbocycles. The van der Waals surface area contributed by atoms with Crippen molar-refractivity contribution in [2.45, 2.75) is 18.1 Å². The number of nitrogens with one attached hydrogen (secondary N) is 1. The second-order valence-electron chi connectivity index (χ2n) is 4.85. The first-order valence-corrected chi connectivity index (χ1v) is 8.93. The number of para-hydroxylation sites is 1. The van der Waals surface area contributed by atoms with Gasteiger partial charge in [-0.25, -0.2) is 8.42 Å². The Kier molecular flexibility index (Phi) is 3.76. The molecule has 3 aromatic rings. The number of aryl methyl sites for hydroxylation is 1. The average Bonchev–Trinajstić information content (AvgIpc) is 3.09. The third-order valence-electron chi connectivity index (χ3n) is 3.29. The molecule has 0 atom stereocenters. The molecule has 0 bridgehead atoms. The van der Waals surface area contributed by atoms with Crippen LogP contribution >= 0.6 is 11.3 Å². The zero-order valence-electron chi connectivity index (χ0n) is 12.0. The van der Waals surface area contributed by atoms with Gasteiger partial charge in [0.15, 0.2) is 5.76 Å². The number of thiophene rings is 1. The van der Waals surface area contributed by atoms with E-state index in [2.05, 4.69) is 9.88 Å². The highest BCUT2D eigenvalue weighted by atomic mass is 32.2. The number of anilines is 1. The minimum absolute atomic E-state index is 0.236. The highest BCUT2D eigenvalue weighted by Crippen LogP contribution is 2.32. The van der Waals surface area contributed by atoms with Gasteiger partial charge in [0.1, 0.15) is 4.21 Å². The van der Waals surface area contributed by atoms with Gasteiger partial charge in [-0.2, -0.15) is 0 Å². The summed E-state index contributed by atoms with van der Waals surface area (Å²) in [6, 6.07) is 10.4. The number of hydrogen-bond acceptors (Lipinski definition) is 5. The van der Waals surface area contributed by atoms with Crippen LogP contribution in [0.1, 0.15) is 11.3 Å². The average molecular weight is 334 g/mol. The molecule has 0 saturated heterocycles. The maximum atomic E-state index is 12.4. The van der Waals surface area contributed by atoms with Crippen molar-refractivity contribution < 1.29 is 12.9 Å². The zero-order valence-corrected chi connectivity index (χ0v) is 13.7. The van der Waals surface area contributed by atoms with Crippen LogP contribution in [0, 0.1) is 13.8 Å². The van der Waals surface area contributed by atoms with E-state index in [1.165, 1.54) is 0 Å². The van der Waals surface area contributed by atoms with Crippen LogP contribution in [-0.2, 0) is 10.0 Å². The number of rotatable bonds is 4. The summed E-state index contributed by atoms with van der Waals surface area (Å²) >= 11 is 1.15. The van der Waals surface area contributed by atoms with Gasteiger partial charge in [0, 0.05) is 22.2 Å². The molecule has 22 heavy (non-hydrogen) atoms. The molecule has 7 heteroatoms. The predicted octanol–water partition coefficient (Wildman–Crippen LogP) is 3.82. The van der Waals surface area contributed by atoms with Crippen LogP contribution in [0.4, 0.5) is 5.69 Å². The highest BCUT2D eigenvalue weighted by Gasteiger charge is 2.20. The largest absolute Gasteiger partial charge is 0.356 e. The van der Waals surface area contributed by atoms with Gasteiger partial charge in [0.2, 0.25) is 0 Å². The Balaban J connectivity index is 1.91. The Morgan fingerprint density at radius 1 is 1.18 bits per heavy atom. The van der Waals surface area contributed by atoms with Crippen LogP contribution in [0.3, 0.4) is 0 Å². The van der Waals surface area contributed by atoms with Crippen molar-refractivity contribution in [1.82, 2.24) is 5.16 Å². The molecule has 0 aliphatic heterocycles. The third-order valence-corrected chi connectivity index (χ3v) is 6.11. The third kappa shape index (κ3) is 2.77. The molecule has 2 heterocycles. The Morgan fingerprint density at radius 2 is 1.91 bits per heavy atom. The molecule has 0 fully saturated rings. The predicted molar refractivity (Wildman–Crippen MR) is 86.5 cm³/mol. The van der Waals surface area contributed by atoms with Gasteiger partial charge < -0.3 is 4.52 Å². The van der Waals surface area contributed by atoms with Crippen LogP contribution < -0.4 is 4.72 Å². The lowest BCUT2D eigenvalue weighted by Gasteiger charge is -2.05. The van der Waals surface area contributed by atoms with Crippen LogP contribution in [0.15, 0.2) is 50.5 Å². The Bertz CT molecular complexity index is 896. The molecule has 0 aliphatic rings. The van der Waals surface area contributed by atoms with E-state index in [1.54, 1.807) is 35.7 Å². The molecule has 1 N–H and O–H groups in total. The Hall–Kier alpha value is -2.12. The van der Waals surface area contributed by atoms with E-state index < -0.39 is 10.0 Å². The summed E-state index contributed by atoms with van der Waals surface area (Å²) in [6.07, 6.45) is 0. The van der Waals surface area contributed by atoms with E-state index >= 15 is 0 Å². The molecular weight excluding hydrogens is 320 g/mol. The van der Waals surface area contributed by atoms with Crippen molar-refractivity contribution in [2.24, 2.45) is 0 Å². The van der Waals surface area contributed by atoms with Gasteiger partial charge in [-0.05, 0) is 32.0 Å². The summed E-state index contributed by atoms with van der Waals surface area (Å²) in [5.41, 5.74) is 2.96. The molecule has 5 nitrogen and oxygen atoms in total. The Morgan fingerprint density at radius 3 is 2.55 bits per heavy atom. The molecule has 3 rings (SSSR count). The molecule has 0 aliphatic carbocycles. The van der Waals surface area contributed by atoms with E-state index in [0.29, 0.717) is 11.4 Å². The summed E-state index contributed by atoms with van der Waals surface area (Å²) in [6.45, 7) is 3.75. The van der Waals surface area contributed by atoms with E-state index in [4.69, 9.17) is 4.52 Å². The second-order valence-corrected chi connectivity index (χ2v) is 7.67.